The van der Waals surface area contributed by atoms with Gasteiger partial charge in [0, 0.05) is 3.57 Å². The van der Waals surface area contributed by atoms with Gasteiger partial charge < -0.3 is 4.74 Å². The van der Waals surface area contributed by atoms with Crippen molar-refractivity contribution in [2.75, 3.05) is 6.61 Å². The number of nitrogens with one attached hydrogen (secondary N) is 3. The zero-order valence-electron chi connectivity index (χ0n) is 14.3. The summed E-state index contributed by atoms with van der Waals surface area (Å²) in [6, 6.07) is 12.8. The molecule has 0 aromatic heterocycles. The van der Waals surface area contributed by atoms with Gasteiger partial charge in [-0.1, -0.05) is 25.1 Å². The predicted molar refractivity (Wildman–Crippen MR) is 120 cm³/mol. The van der Waals surface area contributed by atoms with Crippen LogP contribution >= 0.6 is 50.7 Å². The molecule has 2 aromatic rings. The van der Waals surface area contributed by atoms with Gasteiger partial charge in [0.2, 0.25) is 0 Å². The molecular weight excluding hydrogens is 545 g/mol. The summed E-state index contributed by atoms with van der Waals surface area (Å²) in [5.41, 5.74) is 6.52. The normalized spacial score (nSPS) is 10.0. The van der Waals surface area contributed by atoms with Gasteiger partial charge in [-0.15, -0.1) is 0 Å². The molecule has 27 heavy (non-hydrogen) atoms. The highest BCUT2D eigenvalue weighted by Crippen LogP contribution is 2.26. The fraction of sp³-hybridized carbons (Fsp3) is 0.167. The van der Waals surface area contributed by atoms with Gasteiger partial charge in [-0.2, -0.15) is 0 Å². The first-order valence-electron chi connectivity index (χ1n) is 7.96. The Bertz CT molecular complexity index is 863. The number of ether oxygens (including phenoxy) is 1. The Morgan fingerprint density at radius 3 is 2.59 bits per heavy atom. The average Bonchev–Trinajstić information content (AvgIpc) is 2.65. The van der Waals surface area contributed by atoms with Crippen molar-refractivity contribution in [1.29, 1.82) is 0 Å². The zero-order valence-corrected chi connectivity index (χ0v) is 18.9. The molecule has 0 aliphatic carbocycles. The third-order valence-electron chi connectivity index (χ3n) is 3.42. The lowest BCUT2D eigenvalue weighted by molar-refractivity contribution is -0.123. The first kappa shape index (κ1) is 21.6. The number of rotatable bonds is 5. The standard InChI is InChI=1S/C18H17BrIN3O3S/c1-2-11-7-8-15(13(19)9-11)26-10-16(24)22-23-18(27)21-17(25)12-5-3-4-6-14(12)20/h3-9H,2,10H2,1H3,(H,22,24)(H2,21,23,25,27). The van der Waals surface area contributed by atoms with Gasteiger partial charge in [0.25, 0.3) is 11.8 Å². The molecular formula is C18H17BrIN3O3S. The third kappa shape index (κ3) is 6.74. The second-order valence-electron chi connectivity index (χ2n) is 5.34. The number of amides is 2. The lowest BCUT2D eigenvalue weighted by atomic mass is 10.2. The highest BCUT2D eigenvalue weighted by Gasteiger charge is 2.11. The SMILES string of the molecule is CCc1ccc(OCC(=O)NNC(=S)NC(=O)c2ccccc2I)c(Br)c1. The molecule has 0 heterocycles. The molecule has 142 valence electrons. The lowest BCUT2D eigenvalue weighted by Gasteiger charge is -2.12. The van der Waals surface area contributed by atoms with Gasteiger partial charge >= 0.3 is 0 Å². The van der Waals surface area contributed by atoms with E-state index in [2.05, 4.69) is 61.6 Å². The minimum atomic E-state index is -0.438. The molecule has 0 bridgehead atoms. The number of carbonyl (C=O) groups excluding carboxylic acids is 2. The van der Waals surface area contributed by atoms with Crippen LogP contribution in [0.4, 0.5) is 0 Å². The number of thiocarbonyl (C=S) groups is 1. The smallest absolute Gasteiger partial charge is 0.276 e. The summed E-state index contributed by atoms with van der Waals surface area (Å²) in [7, 11) is 0. The van der Waals surface area contributed by atoms with Crippen molar-refractivity contribution in [2.24, 2.45) is 0 Å². The summed E-state index contributed by atoms with van der Waals surface area (Å²) in [5, 5.41) is 2.49. The summed E-state index contributed by atoms with van der Waals surface area (Å²) >= 11 is 10.5. The van der Waals surface area contributed by atoms with E-state index in [1.54, 1.807) is 18.2 Å². The highest BCUT2D eigenvalue weighted by molar-refractivity contribution is 14.1. The molecule has 0 unspecified atom stereocenters. The van der Waals surface area contributed by atoms with E-state index in [1.165, 1.54) is 0 Å². The molecule has 3 N–H and O–H groups in total. The van der Waals surface area contributed by atoms with Crippen LogP contribution in [0.2, 0.25) is 0 Å². The summed E-state index contributed by atoms with van der Waals surface area (Å²) in [6.07, 6.45) is 0.911. The van der Waals surface area contributed by atoms with E-state index >= 15 is 0 Å². The maximum absolute atomic E-state index is 12.1. The molecule has 0 aliphatic heterocycles. The van der Waals surface area contributed by atoms with Crippen LogP contribution in [-0.4, -0.2) is 23.5 Å². The predicted octanol–water partition coefficient (Wildman–Crippen LogP) is 3.33. The first-order valence-corrected chi connectivity index (χ1v) is 10.2. The first-order chi connectivity index (χ1) is 12.9. The van der Waals surface area contributed by atoms with Crippen LogP contribution in [0.1, 0.15) is 22.8 Å². The van der Waals surface area contributed by atoms with Crippen LogP contribution in [0, 0.1) is 3.57 Å². The Morgan fingerprint density at radius 2 is 1.93 bits per heavy atom. The molecule has 0 radical (unpaired) electrons. The van der Waals surface area contributed by atoms with Crippen LogP contribution < -0.4 is 20.9 Å². The number of hydrogen-bond donors (Lipinski definition) is 3. The maximum Gasteiger partial charge on any atom is 0.276 e. The maximum atomic E-state index is 12.1. The molecule has 2 rings (SSSR count). The van der Waals surface area contributed by atoms with Crippen LogP contribution in [0.5, 0.6) is 5.75 Å². The number of hydrazine groups is 1. The van der Waals surface area contributed by atoms with Crippen molar-refractivity contribution < 1.29 is 14.3 Å². The molecule has 2 aromatic carbocycles. The number of aryl methyl sites for hydroxylation is 1. The molecule has 0 atom stereocenters. The van der Waals surface area contributed by atoms with Gasteiger partial charge in [-0.05, 0) is 87.0 Å². The molecule has 9 heteroatoms. The van der Waals surface area contributed by atoms with E-state index in [-0.39, 0.29) is 17.6 Å². The Labute approximate surface area is 184 Å². The number of carbonyl (C=O) groups is 2. The van der Waals surface area contributed by atoms with E-state index in [4.69, 9.17) is 17.0 Å². The number of benzene rings is 2. The van der Waals surface area contributed by atoms with E-state index < -0.39 is 5.91 Å². The van der Waals surface area contributed by atoms with Gasteiger partial charge in [0.05, 0.1) is 10.0 Å². The van der Waals surface area contributed by atoms with Crippen molar-refractivity contribution in [3.63, 3.8) is 0 Å². The quantitative estimate of drug-likeness (QED) is 0.296. The van der Waals surface area contributed by atoms with E-state index in [0.717, 1.165) is 20.0 Å². The average molecular weight is 562 g/mol. The van der Waals surface area contributed by atoms with Crippen molar-refractivity contribution >= 4 is 67.7 Å². The largest absolute Gasteiger partial charge is 0.483 e. The molecule has 0 spiro atoms. The van der Waals surface area contributed by atoms with Gasteiger partial charge in [0.15, 0.2) is 11.7 Å². The second kappa shape index (κ2) is 10.6. The topological polar surface area (TPSA) is 79.5 Å². The van der Waals surface area contributed by atoms with E-state index in [9.17, 15) is 9.59 Å². The number of halogens is 2. The monoisotopic (exact) mass is 561 g/mol. The van der Waals surface area contributed by atoms with Gasteiger partial charge in [-0.3, -0.25) is 25.8 Å². The van der Waals surface area contributed by atoms with Crippen LogP contribution in [0.3, 0.4) is 0 Å². The van der Waals surface area contributed by atoms with Crippen molar-refractivity contribution in [2.45, 2.75) is 13.3 Å². The van der Waals surface area contributed by atoms with Crippen molar-refractivity contribution in [3.8, 4) is 5.75 Å². The Morgan fingerprint density at radius 1 is 1.19 bits per heavy atom. The van der Waals surface area contributed by atoms with Crippen LogP contribution in [0.25, 0.3) is 0 Å². The van der Waals surface area contributed by atoms with Gasteiger partial charge in [0.1, 0.15) is 5.75 Å². The second-order valence-corrected chi connectivity index (χ2v) is 7.77. The summed E-state index contributed by atoms with van der Waals surface area (Å²) < 4.78 is 7.05. The summed E-state index contributed by atoms with van der Waals surface area (Å²) in [5.74, 6) is -0.229. The fourth-order valence-electron chi connectivity index (χ4n) is 2.03. The highest BCUT2D eigenvalue weighted by atomic mass is 127. The Hall–Kier alpha value is -1.72. The lowest BCUT2D eigenvalue weighted by Crippen LogP contribution is -2.49. The molecule has 0 saturated carbocycles. The van der Waals surface area contributed by atoms with E-state index in [0.29, 0.717) is 11.3 Å². The van der Waals surface area contributed by atoms with E-state index in [1.807, 2.05) is 24.3 Å². The minimum absolute atomic E-state index is 0.0125. The minimum Gasteiger partial charge on any atom is -0.483 e. The Kier molecular flexibility index (Phi) is 8.45. The fourth-order valence-corrected chi connectivity index (χ4v) is 3.35. The third-order valence-corrected chi connectivity index (χ3v) is 5.19. The van der Waals surface area contributed by atoms with Crippen LogP contribution in [0.15, 0.2) is 46.9 Å². The zero-order chi connectivity index (χ0) is 19.8. The summed E-state index contributed by atoms with van der Waals surface area (Å²) in [4.78, 5) is 24.0. The number of hydrogen-bond acceptors (Lipinski definition) is 4. The van der Waals surface area contributed by atoms with Crippen LogP contribution in [-0.2, 0) is 11.2 Å². The molecule has 6 nitrogen and oxygen atoms in total. The molecule has 0 aliphatic rings. The van der Waals surface area contributed by atoms with Gasteiger partial charge in [-0.25, -0.2) is 0 Å². The Balaban J connectivity index is 1.77. The molecule has 0 saturated heterocycles. The van der Waals surface area contributed by atoms with Crippen molar-refractivity contribution in [3.05, 3.63) is 61.6 Å². The summed E-state index contributed by atoms with van der Waals surface area (Å²) in [6.45, 7) is 1.85. The molecule has 2 amide bonds. The molecule has 0 fully saturated rings. The van der Waals surface area contributed by atoms with Crippen molar-refractivity contribution in [1.82, 2.24) is 16.2 Å².